The number of rotatable bonds is 5. The van der Waals surface area contributed by atoms with Gasteiger partial charge in [-0.15, -0.1) is 0 Å². The summed E-state index contributed by atoms with van der Waals surface area (Å²) in [5.74, 6) is 0.763. The molecule has 21 heavy (non-hydrogen) atoms. The van der Waals surface area contributed by atoms with Crippen molar-refractivity contribution in [1.29, 1.82) is 0 Å². The fourth-order valence-electron chi connectivity index (χ4n) is 3.16. The molecule has 0 radical (unpaired) electrons. The van der Waals surface area contributed by atoms with Crippen LogP contribution in [0.4, 0.5) is 0 Å². The molecule has 0 spiro atoms. The van der Waals surface area contributed by atoms with E-state index in [-0.39, 0.29) is 35.2 Å². The van der Waals surface area contributed by atoms with Crippen LogP contribution < -0.4 is 5.32 Å². The van der Waals surface area contributed by atoms with Crippen LogP contribution in [0.1, 0.15) is 25.7 Å². The smallest absolute Gasteiger partial charge is 0.225 e. The molecule has 2 atom stereocenters. The minimum atomic E-state index is -2.90. The quantitative estimate of drug-likeness (QED) is 0.761. The van der Waals surface area contributed by atoms with Crippen molar-refractivity contribution in [1.82, 2.24) is 10.2 Å². The average Bonchev–Trinajstić information content (AvgIpc) is 3.06. The zero-order valence-electron chi connectivity index (χ0n) is 12.1. The number of carbonyl (C=O) groups excluding carboxylic acids is 2. The fraction of sp³-hybridized carbons (Fsp3) is 0.857. The number of nitrogens with zero attached hydrogens (tertiary/aromatic N) is 1. The van der Waals surface area contributed by atoms with Crippen LogP contribution in [0.25, 0.3) is 0 Å². The minimum Gasteiger partial charge on any atom is -0.355 e. The summed E-state index contributed by atoms with van der Waals surface area (Å²) in [6, 6.07) is 0. The Balaban J connectivity index is 1.44. The average molecular weight is 314 g/mol. The Morgan fingerprint density at radius 3 is 2.62 bits per heavy atom. The molecule has 1 saturated carbocycles. The van der Waals surface area contributed by atoms with Crippen molar-refractivity contribution in [3.05, 3.63) is 0 Å². The van der Waals surface area contributed by atoms with E-state index in [1.54, 1.807) is 0 Å². The lowest BCUT2D eigenvalue weighted by atomic mass is 10.1. The maximum absolute atomic E-state index is 12.1. The molecule has 7 heteroatoms. The van der Waals surface area contributed by atoms with Crippen LogP contribution in [0.2, 0.25) is 0 Å². The van der Waals surface area contributed by atoms with E-state index in [0.29, 0.717) is 31.8 Å². The molecule has 0 bridgehead atoms. The Kier molecular flexibility index (Phi) is 3.94. The summed E-state index contributed by atoms with van der Waals surface area (Å²) in [5, 5.41) is 2.83. The lowest BCUT2D eigenvalue weighted by Crippen LogP contribution is -2.36. The fourth-order valence-corrected chi connectivity index (χ4v) is 5.02. The maximum Gasteiger partial charge on any atom is 0.225 e. The maximum atomic E-state index is 12.1. The summed E-state index contributed by atoms with van der Waals surface area (Å²) in [6.45, 7) is 1.72. The van der Waals surface area contributed by atoms with Crippen molar-refractivity contribution in [3.8, 4) is 0 Å². The number of nitrogens with one attached hydrogen (secondary N) is 1. The third-order valence-electron chi connectivity index (χ3n) is 4.65. The molecule has 2 saturated heterocycles. The highest BCUT2D eigenvalue weighted by atomic mass is 32.2. The van der Waals surface area contributed by atoms with Gasteiger partial charge >= 0.3 is 0 Å². The second-order valence-electron chi connectivity index (χ2n) is 6.66. The van der Waals surface area contributed by atoms with Crippen molar-refractivity contribution in [2.24, 2.45) is 17.8 Å². The predicted molar refractivity (Wildman–Crippen MR) is 77.2 cm³/mol. The van der Waals surface area contributed by atoms with Gasteiger partial charge in [0.05, 0.1) is 17.4 Å². The number of carbonyl (C=O) groups is 2. The van der Waals surface area contributed by atoms with Gasteiger partial charge in [-0.3, -0.25) is 9.59 Å². The van der Waals surface area contributed by atoms with Crippen molar-refractivity contribution in [3.63, 3.8) is 0 Å². The molecule has 3 aliphatic rings. The third kappa shape index (κ3) is 3.75. The molecule has 3 fully saturated rings. The Labute approximate surface area is 125 Å². The molecular formula is C14H22N2O4S. The molecule has 118 valence electrons. The van der Waals surface area contributed by atoms with Crippen molar-refractivity contribution in [2.45, 2.75) is 25.7 Å². The molecule has 0 aromatic carbocycles. The molecule has 0 aromatic heterocycles. The van der Waals surface area contributed by atoms with Gasteiger partial charge in [0.1, 0.15) is 0 Å². The largest absolute Gasteiger partial charge is 0.355 e. The van der Waals surface area contributed by atoms with E-state index in [2.05, 4.69) is 5.32 Å². The first-order valence-corrected chi connectivity index (χ1v) is 9.51. The zero-order chi connectivity index (χ0) is 15.0. The van der Waals surface area contributed by atoms with Crippen molar-refractivity contribution < 1.29 is 18.0 Å². The van der Waals surface area contributed by atoms with E-state index in [0.717, 1.165) is 6.54 Å². The minimum absolute atomic E-state index is 0.0265. The summed E-state index contributed by atoms with van der Waals surface area (Å²) in [5.41, 5.74) is 0. The molecule has 2 unspecified atom stereocenters. The van der Waals surface area contributed by atoms with Crippen LogP contribution in [0.3, 0.4) is 0 Å². The van der Waals surface area contributed by atoms with Crippen LogP contribution in [-0.4, -0.2) is 56.3 Å². The molecule has 1 aliphatic carbocycles. The first-order valence-electron chi connectivity index (χ1n) is 7.69. The van der Waals surface area contributed by atoms with Crippen LogP contribution in [-0.2, 0) is 19.4 Å². The molecule has 2 amide bonds. The highest BCUT2D eigenvalue weighted by Crippen LogP contribution is 2.32. The second kappa shape index (κ2) is 5.59. The van der Waals surface area contributed by atoms with E-state index in [1.807, 2.05) is 4.90 Å². The lowest BCUT2D eigenvalue weighted by Gasteiger charge is -2.16. The summed E-state index contributed by atoms with van der Waals surface area (Å²) in [7, 11) is -2.90. The SMILES string of the molecule is O=C(NCC1CCS(=O)(=O)C1)C1CC(=O)N(CC2CC2)C1. The Bertz CT molecular complexity index is 541. The van der Waals surface area contributed by atoms with Gasteiger partial charge in [-0.2, -0.15) is 0 Å². The molecule has 6 nitrogen and oxygen atoms in total. The third-order valence-corrected chi connectivity index (χ3v) is 6.49. The van der Waals surface area contributed by atoms with Gasteiger partial charge in [0, 0.05) is 26.1 Å². The number of hydrogen-bond donors (Lipinski definition) is 1. The summed E-state index contributed by atoms with van der Waals surface area (Å²) in [4.78, 5) is 25.8. The van der Waals surface area contributed by atoms with Gasteiger partial charge < -0.3 is 10.2 Å². The topological polar surface area (TPSA) is 83.5 Å². The standard InChI is InChI=1S/C14H22N2O4S/c17-13-5-12(8-16(13)7-10-1-2-10)14(18)15-6-11-3-4-21(19,20)9-11/h10-12H,1-9H2,(H,15,18). The van der Waals surface area contributed by atoms with E-state index in [1.165, 1.54) is 12.8 Å². The first kappa shape index (κ1) is 14.8. The summed E-state index contributed by atoms with van der Waals surface area (Å²) < 4.78 is 22.7. The highest BCUT2D eigenvalue weighted by molar-refractivity contribution is 7.91. The summed E-state index contributed by atoms with van der Waals surface area (Å²) in [6.07, 6.45) is 3.30. The highest BCUT2D eigenvalue weighted by Gasteiger charge is 2.37. The van der Waals surface area contributed by atoms with Gasteiger partial charge in [0.15, 0.2) is 9.84 Å². The Morgan fingerprint density at radius 1 is 1.24 bits per heavy atom. The van der Waals surface area contributed by atoms with E-state index in [4.69, 9.17) is 0 Å². The van der Waals surface area contributed by atoms with Crippen LogP contribution >= 0.6 is 0 Å². The van der Waals surface area contributed by atoms with E-state index in [9.17, 15) is 18.0 Å². The Morgan fingerprint density at radius 2 is 2.00 bits per heavy atom. The molecule has 0 aromatic rings. The first-order chi connectivity index (χ1) is 9.93. The van der Waals surface area contributed by atoms with Gasteiger partial charge in [-0.25, -0.2) is 8.42 Å². The van der Waals surface area contributed by atoms with Crippen LogP contribution in [0.15, 0.2) is 0 Å². The van der Waals surface area contributed by atoms with E-state index < -0.39 is 9.84 Å². The molecule has 2 heterocycles. The predicted octanol–water partition coefficient (Wildman–Crippen LogP) is -0.204. The zero-order valence-corrected chi connectivity index (χ0v) is 12.9. The number of sulfone groups is 1. The van der Waals surface area contributed by atoms with Crippen molar-refractivity contribution >= 4 is 21.7 Å². The molecule has 3 rings (SSSR count). The van der Waals surface area contributed by atoms with Gasteiger partial charge in [0.2, 0.25) is 11.8 Å². The van der Waals surface area contributed by atoms with Crippen molar-refractivity contribution in [2.75, 3.05) is 31.1 Å². The molecular weight excluding hydrogens is 292 g/mol. The molecule has 1 N–H and O–H groups in total. The normalized spacial score (nSPS) is 31.6. The van der Waals surface area contributed by atoms with Gasteiger partial charge in [0.25, 0.3) is 0 Å². The van der Waals surface area contributed by atoms with Crippen LogP contribution in [0, 0.1) is 17.8 Å². The van der Waals surface area contributed by atoms with Crippen LogP contribution in [0.5, 0.6) is 0 Å². The molecule has 2 aliphatic heterocycles. The summed E-state index contributed by atoms with van der Waals surface area (Å²) >= 11 is 0. The lowest BCUT2D eigenvalue weighted by molar-refractivity contribution is -0.129. The second-order valence-corrected chi connectivity index (χ2v) is 8.89. The van der Waals surface area contributed by atoms with Gasteiger partial charge in [-0.1, -0.05) is 0 Å². The Hall–Kier alpha value is -1.11. The number of hydrogen-bond acceptors (Lipinski definition) is 4. The monoisotopic (exact) mass is 314 g/mol. The number of amides is 2. The van der Waals surface area contributed by atoms with E-state index >= 15 is 0 Å². The number of likely N-dealkylation sites (tertiary alicyclic amines) is 1. The van der Waals surface area contributed by atoms with Gasteiger partial charge in [-0.05, 0) is 31.1 Å².